The molecular formula is C57H69F3N8O7. The van der Waals surface area contributed by atoms with Gasteiger partial charge in [0.2, 0.25) is 17.7 Å². The van der Waals surface area contributed by atoms with Crippen molar-refractivity contribution in [1.82, 2.24) is 40.0 Å². The van der Waals surface area contributed by atoms with Crippen LogP contribution in [0.15, 0.2) is 77.9 Å². The number of ether oxygens (including phenoxy) is 1. The van der Waals surface area contributed by atoms with Crippen LogP contribution in [-0.2, 0) is 25.5 Å². The van der Waals surface area contributed by atoms with E-state index in [1.54, 1.807) is 45.0 Å². The first-order chi connectivity index (χ1) is 36.3. The summed E-state index contributed by atoms with van der Waals surface area (Å²) in [5.74, 6) is -3.67. The first-order valence-corrected chi connectivity index (χ1v) is 27.0. The summed E-state index contributed by atoms with van der Waals surface area (Å²) in [4.78, 5) is 89.4. The van der Waals surface area contributed by atoms with E-state index in [-0.39, 0.29) is 104 Å². The highest BCUT2D eigenvalue weighted by atomic mass is 19.1. The zero-order chi connectivity index (χ0) is 52.6. The Hall–Kier alpha value is -6.40. The lowest BCUT2D eigenvalue weighted by molar-refractivity contribution is -0.140. The summed E-state index contributed by atoms with van der Waals surface area (Å²) in [6.07, 6.45) is 8.87. The Morgan fingerprint density at radius 1 is 0.707 bits per heavy atom. The zero-order valence-corrected chi connectivity index (χ0v) is 42.7. The van der Waals surface area contributed by atoms with E-state index in [9.17, 15) is 33.2 Å². The van der Waals surface area contributed by atoms with Gasteiger partial charge in [-0.3, -0.25) is 33.7 Å². The van der Waals surface area contributed by atoms with Crippen LogP contribution in [-0.4, -0.2) is 154 Å². The largest absolute Gasteiger partial charge is 0.375 e. The fourth-order valence-corrected chi connectivity index (χ4v) is 11.8. The molecule has 1 saturated carbocycles. The number of allylic oxidation sites excluding steroid dienone is 1. The molecule has 2 unspecified atom stereocenters. The summed E-state index contributed by atoms with van der Waals surface area (Å²) in [7, 11) is 0. The Balaban J connectivity index is 0.713. The van der Waals surface area contributed by atoms with Crippen LogP contribution in [0.5, 0.6) is 0 Å². The SMILES string of the molecule is C=C(F)CCC(=O)N1CCCC(c2cccc(C(=O)NC(C(=O)N3CCC(OC4CCN(CC(=O)N5CCN(C(=O)c6cc(Cc7n[nH]c(=O)c8ccccc78)ccc6F)CC5)CC4)CC3)C3CCCCC3)c2F)C1. The van der Waals surface area contributed by atoms with Crippen LogP contribution >= 0.6 is 0 Å². The number of hydrogen-bond acceptors (Lipinski definition) is 9. The van der Waals surface area contributed by atoms with Gasteiger partial charge in [-0.25, -0.2) is 18.3 Å². The average molecular weight is 1040 g/mol. The summed E-state index contributed by atoms with van der Waals surface area (Å²) >= 11 is 0. The van der Waals surface area contributed by atoms with Crippen molar-refractivity contribution in [2.75, 3.05) is 72.0 Å². The highest BCUT2D eigenvalue weighted by Crippen LogP contribution is 2.33. The second-order valence-electron chi connectivity index (χ2n) is 21.1. The molecule has 1 aliphatic carbocycles. The van der Waals surface area contributed by atoms with Gasteiger partial charge in [-0.2, -0.15) is 5.10 Å². The molecule has 5 heterocycles. The van der Waals surface area contributed by atoms with Gasteiger partial charge < -0.3 is 29.7 Å². The van der Waals surface area contributed by atoms with E-state index in [2.05, 4.69) is 27.0 Å². The predicted octanol–water partition coefficient (Wildman–Crippen LogP) is 6.90. The van der Waals surface area contributed by atoms with Crippen LogP contribution in [0.25, 0.3) is 10.8 Å². The molecule has 0 bridgehead atoms. The number of benzene rings is 3. The third-order valence-corrected chi connectivity index (χ3v) is 16.1. The molecule has 4 aliphatic heterocycles. The molecule has 4 saturated heterocycles. The highest BCUT2D eigenvalue weighted by molar-refractivity contribution is 5.98. The quantitative estimate of drug-likeness (QED) is 0.129. The van der Waals surface area contributed by atoms with E-state index < -0.39 is 35.3 Å². The third kappa shape index (κ3) is 13.0. The summed E-state index contributed by atoms with van der Waals surface area (Å²) in [5, 5.41) is 10.9. The number of rotatable bonds is 15. The van der Waals surface area contributed by atoms with Crippen LogP contribution < -0.4 is 10.9 Å². The molecule has 5 amide bonds. The number of amides is 5. The number of aromatic nitrogens is 2. The van der Waals surface area contributed by atoms with E-state index in [1.807, 2.05) is 17.0 Å². The Bertz CT molecular complexity index is 2800. The monoisotopic (exact) mass is 1030 g/mol. The lowest BCUT2D eigenvalue weighted by atomic mass is 9.83. The molecule has 5 aliphatic rings. The molecule has 9 rings (SSSR count). The lowest BCUT2D eigenvalue weighted by Gasteiger charge is -2.40. The van der Waals surface area contributed by atoms with Crippen molar-refractivity contribution in [3.8, 4) is 0 Å². The molecule has 1 aromatic heterocycles. The summed E-state index contributed by atoms with van der Waals surface area (Å²) < 4.78 is 51.3. The van der Waals surface area contributed by atoms with Crippen molar-refractivity contribution < 1.29 is 41.9 Å². The summed E-state index contributed by atoms with van der Waals surface area (Å²) in [6.45, 7) is 7.85. The second-order valence-corrected chi connectivity index (χ2v) is 21.1. The van der Waals surface area contributed by atoms with Gasteiger partial charge in [0.1, 0.15) is 17.7 Å². The van der Waals surface area contributed by atoms with E-state index in [0.717, 1.165) is 44.9 Å². The topological polar surface area (TPSA) is 169 Å². The number of H-pyrrole nitrogens is 1. The summed E-state index contributed by atoms with van der Waals surface area (Å²) in [5.41, 5.74) is 1.17. The molecule has 5 fully saturated rings. The zero-order valence-electron chi connectivity index (χ0n) is 42.7. The number of likely N-dealkylation sites (tertiary alicyclic amines) is 3. The number of piperidine rings is 3. The number of nitrogens with one attached hydrogen (secondary N) is 2. The molecule has 4 aromatic rings. The number of carbonyl (C=O) groups excluding carboxylic acids is 5. The molecule has 18 heteroatoms. The van der Waals surface area contributed by atoms with Gasteiger partial charge in [-0.05, 0) is 92.7 Å². The minimum absolute atomic E-state index is 0.0000628. The molecule has 2 atom stereocenters. The highest BCUT2D eigenvalue weighted by Gasteiger charge is 2.38. The van der Waals surface area contributed by atoms with Crippen molar-refractivity contribution in [2.45, 2.75) is 114 Å². The normalized spacial score (nSPS) is 20.0. The number of piperazine rings is 1. The minimum atomic E-state index is -0.793. The second kappa shape index (κ2) is 24.5. The van der Waals surface area contributed by atoms with Crippen LogP contribution in [0.2, 0.25) is 0 Å². The number of nitrogens with zero attached hydrogens (tertiary/aromatic N) is 6. The maximum absolute atomic E-state index is 16.3. The molecule has 0 radical (unpaired) electrons. The fourth-order valence-electron chi connectivity index (χ4n) is 11.8. The van der Waals surface area contributed by atoms with Crippen molar-refractivity contribution in [3.05, 3.63) is 123 Å². The van der Waals surface area contributed by atoms with Gasteiger partial charge >= 0.3 is 0 Å². The molecule has 3 aromatic carbocycles. The maximum atomic E-state index is 16.3. The molecule has 2 N–H and O–H groups in total. The Labute approximate surface area is 435 Å². The number of hydrogen-bond donors (Lipinski definition) is 2. The third-order valence-electron chi connectivity index (χ3n) is 16.1. The maximum Gasteiger partial charge on any atom is 0.272 e. The molecular weight excluding hydrogens is 966 g/mol. The van der Waals surface area contributed by atoms with E-state index in [4.69, 9.17) is 4.74 Å². The summed E-state index contributed by atoms with van der Waals surface area (Å²) in [6, 6.07) is 15.5. The average Bonchev–Trinajstić information content (AvgIpc) is 3.43. The van der Waals surface area contributed by atoms with Crippen molar-refractivity contribution in [1.29, 1.82) is 0 Å². The Morgan fingerprint density at radius 3 is 2.12 bits per heavy atom. The van der Waals surface area contributed by atoms with Crippen LogP contribution in [0.3, 0.4) is 0 Å². The molecule has 400 valence electrons. The van der Waals surface area contributed by atoms with Crippen molar-refractivity contribution in [3.63, 3.8) is 0 Å². The lowest BCUT2D eigenvalue weighted by Crippen LogP contribution is -2.55. The van der Waals surface area contributed by atoms with Crippen LogP contribution in [0, 0.1) is 17.6 Å². The number of aromatic amines is 1. The molecule has 15 nitrogen and oxygen atoms in total. The first-order valence-electron chi connectivity index (χ1n) is 27.0. The van der Waals surface area contributed by atoms with Crippen LogP contribution in [0.1, 0.15) is 127 Å². The van der Waals surface area contributed by atoms with E-state index in [0.29, 0.717) is 99.1 Å². The van der Waals surface area contributed by atoms with Crippen molar-refractivity contribution >= 4 is 40.3 Å². The van der Waals surface area contributed by atoms with Gasteiger partial charge in [0.25, 0.3) is 17.4 Å². The van der Waals surface area contributed by atoms with E-state index in [1.165, 1.54) is 18.2 Å². The van der Waals surface area contributed by atoms with E-state index >= 15 is 8.78 Å². The first kappa shape index (κ1) is 53.4. The number of carbonyl (C=O) groups is 5. The fraction of sp³-hybridized carbons (Fsp3) is 0.526. The van der Waals surface area contributed by atoms with Gasteiger partial charge in [0.15, 0.2) is 0 Å². The van der Waals surface area contributed by atoms with Gasteiger partial charge in [0, 0.05) is 96.0 Å². The van der Waals surface area contributed by atoms with Gasteiger partial charge in [-0.1, -0.05) is 62.2 Å². The Kier molecular flexibility index (Phi) is 17.5. The smallest absolute Gasteiger partial charge is 0.272 e. The van der Waals surface area contributed by atoms with Crippen LogP contribution in [0.4, 0.5) is 13.2 Å². The van der Waals surface area contributed by atoms with Crippen molar-refractivity contribution in [2.24, 2.45) is 5.92 Å². The predicted molar refractivity (Wildman–Crippen MR) is 276 cm³/mol. The molecule has 75 heavy (non-hydrogen) atoms. The van der Waals surface area contributed by atoms with Gasteiger partial charge in [-0.15, -0.1) is 0 Å². The number of halogens is 3. The van der Waals surface area contributed by atoms with Gasteiger partial charge in [0.05, 0.1) is 46.8 Å². The number of fused-ring (bicyclic) bond motifs is 1. The Morgan fingerprint density at radius 2 is 1.40 bits per heavy atom. The minimum Gasteiger partial charge on any atom is -0.375 e. The molecule has 0 spiro atoms. The standard InChI is InChI=1S/C57H69F3N8O7/c1-37(58)16-19-50(69)68-24-8-11-40(35-68)43-14-7-15-46(52(43)60)54(71)61-53(39-9-3-2-4-10-39)57(74)66-27-22-42(23-28-66)75-41-20-25-64(26-21-41)36-51(70)65-29-31-67(32-30-65)56(73)47-33-38(17-18-48(47)59)34-49-44-12-5-6-13-45(44)55(72)63-62-49/h5-7,12-15,17-18,33,39-42,53H,1-4,8-11,16,19-32,34-36H2,(H,61,71)(H,63,72).